The molecule has 2 aromatic carbocycles. The van der Waals surface area contributed by atoms with Gasteiger partial charge in [-0.05, 0) is 48.9 Å². The fourth-order valence-electron chi connectivity index (χ4n) is 3.24. The number of esters is 1. The second-order valence-electron chi connectivity index (χ2n) is 7.34. The smallest absolute Gasteiger partial charge is 0.338 e. The van der Waals surface area contributed by atoms with E-state index in [9.17, 15) is 9.59 Å². The summed E-state index contributed by atoms with van der Waals surface area (Å²) in [4.78, 5) is 29.3. The van der Waals surface area contributed by atoms with Crippen LogP contribution < -0.4 is 15.0 Å². The summed E-state index contributed by atoms with van der Waals surface area (Å²) in [6.07, 6.45) is 1.66. The number of hydrogen-bond donors (Lipinski definition) is 0. The Morgan fingerprint density at radius 2 is 1.85 bits per heavy atom. The zero-order chi connectivity index (χ0) is 23.4. The highest BCUT2D eigenvalue weighted by Gasteiger charge is 2.14. The average molecular weight is 465 g/mol. The van der Waals surface area contributed by atoms with Crippen molar-refractivity contribution in [2.75, 3.05) is 7.11 Å². The van der Waals surface area contributed by atoms with Crippen molar-refractivity contribution in [3.8, 4) is 11.5 Å². The minimum atomic E-state index is -0.572. The second kappa shape index (κ2) is 9.75. The van der Waals surface area contributed by atoms with Crippen LogP contribution in [0.5, 0.6) is 11.5 Å². The van der Waals surface area contributed by atoms with Crippen LogP contribution in [0.3, 0.4) is 0 Å². The number of hydrogen-bond acceptors (Lipinski definition) is 6. The van der Waals surface area contributed by atoms with Crippen LogP contribution in [-0.2, 0) is 18.0 Å². The first-order chi connectivity index (χ1) is 15.9. The van der Waals surface area contributed by atoms with E-state index in [4.69, 9.17) is 25.8 Å². The van der Waals surface area contributed by atoms with Crippen LogP contribution in [0.25, 0.3) is 5.65 Å². The highest BCUT2D eigenvalue weighted by Crippen LogP contribution is 2.30. The van der Waals surface area contributed by atoms with E-state index in [1.165, 1.54) is 23.6 Å². The zero-order valence-electron chi connectivity index (χ0n) is 18.1. The Bertz CT molecular complexity index is 1380. The van der Waals surface area contributed by atoms with Crippen LogP contribution in [0.1, 0.15) is 27.2 Å². The Hall–Kier alpha value is -3.84. The number of carbonyl (C=O) groups excluding carboxylic acids is 1. The minimum Gasteiger partial charge on any atom is -0.493 e. The van der Waals surface area contributed by atoms with E-state index in [0.29, 0.717) is 27.9 Å². The summed E-state index contributed by atoms with van der Waals surface area (Å²) in [6, 6.07) is 17.1. The van der Waals surface area contributed by atoms with Crippen molar-refractivity contribution in [3.63, 3.8) is 0 Å². The van der Waals surface area contributed by atoms with E-state index < -0.39 is 5.97 Å². The molecule has 33 heavy (non-hydrogen) atoms. The summed E-state index contributed by atoms with van der Waals surface area (Å²) in [7, 11) is 1.49. The van der Waals surface area contributed by atoms with E-state index in [0.717, 1.165) is 11.1 Å². The van der Waals surface area contributed by atoms with Gasteiger partial charge in [-0.1, -0.05) is 29.8 Å². The van der Waals surface area contributed by atoms with Crippen LogP contribution in [0.4, 0.5) is 0 Å². The second-order valence-corrected chi connectivity index (χ2v) is 7.75. The monoisotopic (exact) mass is 464 g/mol. The molecule has 0 spiro atoms. The number of ether oxygens (including phenoxy) is 3. The van der Waals surface area contributed by atoms with Crippen molar-refractivity contribution in [2.24, 2.45) is 0 Å². The topological polar surface area (TPSA) is 79.1 Å². The number of benzene rings is 2. The molecule has 168 valence electrons. The first-order valence-corrected chi connectivity index (χ1v) is 10.5. The summed E-state index contributed by atoms with van der Waals surface area (Å²) in [6.45, 7) is 2.03. The van der Waals surface area contributed by atoms with E-state index in [1.54, 1.807) is 30.5 Å². The summed E-state index contributed by atoms with van der Waals surface area (Å²) in [5, 5.41) is 0.605. The summed E-state index contributed by atoms with van der Waals surface area (Å²) >= 11 is 6.17. The third-order valence-corrected chi connectivity index (χ3v) is 5.34. The highest BCUT2D eigenvalue weighted by molar-refractivity contribution is 6.31. The van der Waals surface area contributed by atoms with Crippen LogP contribution in [0, 0.1) is 6.92 Å². The van der Waals surface area contributed by atoms with Crippen molar-refractivity contribution in [3.05, 3.63) is 105 Å². The Morgan fingerprint density at radius 3 is 2.64 bits per heavy atom. The van der Waals surface area contributed by atoms with Crippen molar-refractivity contribution in [1.29, 1.82) is 0 Å². The van der Waals surface area contributed by atoms with Gasteiger partial charge in [0, 0.05) is 22.8 Å². The van der Waals surface area contributed by atoms with Gasteiger partial charge < -0.3 is 14.2 Å². The number of halogens is 1. The molecule has 0 amide bonds. The van der Waals surface area contributed by atoms with Crippen molar-refractivity contribution < 1.29 is 19.0 Å². The predicted octanol–water partition coefficient (Wildman–Crippen LogP) is 4.60. The zero-order valence-corrected chi connectivity index (χ0v) is 18.8. The third-order valence-electron chi connectivity index (χ3n) is 4.97. The molecule has 0 bridgehead atoms. The van der Waals surface area contributed by atoms with E-state index >= 15 is 0 Å². The van der Waals surface area contributed by atoms with Gasteiger partial charge in [-0.15, -0.1) is 0 Å². The summed E-state index contributed by atoms with van der Waals surface area (Å²) in [5.74, 6) is 0.278. The molecular formula is C25H21ClN2O5. The number of aryl methyl sites for hydroxylation is 1. The van der Waals surface area contributed by atoms with Gasteiger partial charge in [0.15, 0.2) is 11.5 Å². The van der Waals surface area contributed by atoms with Gasteiger partial charge in [0.2, 0.25) is 0 Å². The first-order valence-electron chi connectivity index (χ1n) is 10.1. The molecule has 0 fully saturated rings. The molecule has 0 unspecified atom stereocenters. The summed E-state index contributed by atoms with van der Waals surface area (Å²) in [5.41, 5.74) is 2.71. The standard InChI is InChI=1S/C25H21ClN2O5/c1-16-9-10-28-23(11-16)27-19(13-24(28)29)15-33-25(30)17-7-8-21(22(12-17)31-2)32-14-18-5-3-4-6-20(18)26/h3-13H,14-15H2,1-2H3. The van der Waals surface area contributed by atoms with E-state index in [2.05, 4.69) is 4.98 Å². The number of methoxy groups -OCH3 is 1. The number of rotatable bonds is 7. The van der Waals surface area contributed by atoms with Gasteiger partial charge in [-0.2, -0.15) is 0 Å². The Labute approximate surface area is 195 Å². The molecule has 0 aliphatic heterocycles. The largest absolute Gasteiger partial charge is 0.493 e. The average Bonchev–Trinajstić information content (AvgIpc) is 2.81. The Morgan fingerprint density at radius 1 is 1.03 bits per heavy atom. The molecule has 0 radical (unpaired) electrons. The maximum Gasteiger partial charge on any atom is 0.338 e. The lowest BCUT2D eigenvalue weighted by Crippen LogP contribution is -2.16. The van der Waals surface area contributed by atoms with Gasteiger partial charge in [-0.25, -0.2) is 9.78 Å². The lowest BCUT2D eigenvalue weighted by atomic mass is 10.2. The number of carbonyl (C=O) groups is 1. The lowest BCUT2D eigenvalue weighted by molar-refractivity contribution is 0.0467. The van der Waals surface area contributed by atoms with Gasteiger partial charge >= 0.3 is 5.97 Å². The molecule has 0 aliphatic carbocycles. The first kappa shape index (κ1) is 22.4. The molecule has 0 N–H and O–H groups in total. The Kier molecular flexibility index (Phi) is 6.60. The molecule has 4 aromatic rings. The van der Waals surface area contributed by atoms with Gasteiger partial charge in [0.25, 0.3) is 5.56 Å². The third kappa shape index (κ3) is 5.15. The van der Waals surface area contributed by atoms with Gasteiger partial charge in [0.1, 0.15) is 18.9 Å². The van der Waals surface area contributed by atoms with E-state index in [1.807, 2.05) is 31.2 Å². The lowest BCUT2D eigenvalue weighted by Gasteiger charge is -2.13. The van der Waals surface area contributed by atoms with Crippen LogP contribution in [-0.4, -0.2) is 22.5 Å². The fraction of sp³-hybridized carbons (Fsp3) is 0.160. The molecule has 8 heteroatoms. The van der Waals surface area contributed by atoms with Crippen LogP contribution in [0.2, 0.25) is 5.02 Å². The molecular weight excluding hydrogens is 444 g/mol. The quantitative estimate of drug-likeness (QED) is 0.372. The van der Waals surface area contributed by atoms with Gasteiger partial charge in [-0.3, -0.25) is 9.20 Å². The van der Waals surface area contributed by atoms with Crippen molar-refractivity contribution in [2.45, 2.75) is 20.1 Å². The number of pyridine rings is 1. The normalized spacial score (nSPS) is 10.8. The van der Waals surface area contributed by atoms with Crippen LogP contribution >= 0.6 is 11.6 Å². The maximum atomic E-state index is 12.6. The predicted molar refractivity (Wildman–Crippen MR) is 124 cm³/mol. The molecule has 0 atom stereocenters. The molecule has 4 rings (SSSR count). The minimum absolute atomic E-state index is 0.133. The fourth-order valence-corrected chi connectivity index (χ4v) is 3.43. The molecule has 7 nitrogen and oxygen atoms in total. The molecule has 2 heterocycles. The molecule has 2 aromatic heterocycles. The number of fused-ring (bicyclic) bond motifs is 1. The molecule has 0 saturated heterocycles. The summed E-state index contributed by atoms with van der Waals surface area (Å²) < 4.78 is 18.0. The maximum absolute atomic E-state index is 12.6. The van der Waals surface area contributed by atoms with Gasteiger partial charge in [0.05, 0.1) is 18.4 Å². The van der Waals surface area contributed by atoms with Crippen LogP contribution in [0.15, 0.2) is 71.7 Å². The SMILES string of the molecule is COc1cc(C(=O)OCc2cc(=O)n3ccc(C)cc3n2)ccc1OCc1ccccc1Cl. The van der Waals surface area contributed by atoms with E-state index in [-0.39, 0.29) is 24.3 Å². The molecule has 0 aliphatic rings. The number of aromatic nitrogens is 2. The van der Waals surface area contributed by atoms with Crippen molar-refractivity contribution >= 4 is 23.2 Å². The highest BCUT2D eigenvalue weighted by atomic mass is 35.5. The Balaban J connectivity index is 1.45. The molecule has 0 saturated carbocycles. The number of nitrogens with zero attached hydrogens (tertiary/aromatic N) is 2. The van der Waals surface area contributed by atoms with Crippen molar-refractivity contribution in [1.82, 2.24) is 9.38 Å².